The van der Waals surface area contributed by atoms with Gasteiger partial charge in [0.05, 0.1) is 22.8 Å². The summed E-state index contributed by atoms with van der Waals surface area (Å²) in [7, 11) is 0. The van der Waals surface area contributed by atoms with Crippen LogP contribution in [0.25, 0.3) is 10.9 Å². The standard InChI is InChI=1S/C28H30ClFN6O3/c1-18(37)36-11-9-35(10-12-36)8-2-3-27(38)34-25-14-21-24(15-26(25)39-16-19-4-5-19)31-17-32-28(21)33-20-6-7-23(30)22(29)13-20/h2-3,6-7,13-15,17,19H,4-5,8-12,16H2,1H3,(H,34,38)(H,31,32,33)/b3-2+. The normalized spacial score (nSPS) is 16.0. The van der Waals surface area contributed by atoms with E-state index in [0.29, 0.717) is 66.0 Å². The molecule has 0 radical (unpaired) electrons. The van der Waals surface area contributed by atoms with Gasteiger partial charge in [-0.3, -0.25) is 14.5 Å². The van der Waals surface area contributed by atoms with E-state index in [2.05, 4.69) is 25.5 Å². The van der Waals surface area contributed by atoms with Crippen molar-refractivity contribution in [1.29, 1.82) is 0 Å². The highest BCUT2D eigenvalue weighted by Gasteiger charge is 2.23. The number of aromatic nitrogens is 2. The molecule has 2 N–H and O–H groups in total. The Morgan fingerprint density at radius 3 is 2.67 bits per heavy atom. The molecular weight excluding hydrogens is 523 g/mol. The number of fused-ring (bicyclic) bond motifs is 1. The van der Waals surface area contributed by atoms with Crippen LogP contribution in [0.3, 0.4) is 0 Å². The van der Waals surface area contributed by atoms with Crippen molar-refractivity contribution in [2.75, 3.05) is 50.0 Å². The Labute approximate surface area is 231 Å². The summed E-state index contributed by atoms with van der Waals surface area (Å²) in [5.41, 5.74) is 1.70. The number of ether oxygens (including phenoxy) is 1. The van der Waals surface area contributed by atoms with Crippen LogP contribution in [0.15, 0.2) is 48.8 Å². The Balaban J connectivity index is 1.32. The molecule has 2 heterocycles. The Morgan fingerprint density at radius 1 is 1.15 bits per heavy atom. The summed E-state index contributed by atoms with van der Waals surface area (Å²) >= 11 is 5.94. The van der Waals surface area contributed by atoms with Crippen LogP contribution in [0, 0.1) is 11.7 Å². The Hall–Kier alpha value is -3.76. The Bertz CT molecular complexity index is 1410. The first-order chi connectivity index (χ1) is 18.9. The number of anilines is 3. The SMILES string of the molecule is CC(=O)N1CCN(C/C=C/C(=O)Nc2cc3c(Nc4ccc(F)c(Cl)c4)ncnc3cc2OCC2CC2)CC1. The number of hydrogen-bond donors (Lipinski definition) is 2. The van der Waals surface area contributed by atoms with E-state index in [0.717, 1.165) is 25.9 Å². The highest BCUT2D eigenvalue weighted by Crippen LogP contribution is 2.36. The summed E-state index contributed by atoms with van der Waals surface area (Å²) in [6.45, 7) is 5.69. The summed E-state index contributed by atoms with van der Waals surface area (Å²) in [5.74, 6) is 0.828. The fraction of sp³-hybridized carbons (Fsp3) is 0.357. The van der Waals surface area contributed by atoms with Gasteiger partial charge in [0.15, 0.2) is 0 Å². The van der Waals surface area contributed by atoms with Gasteiger partial charge in [-0.25, -0.2) is 14.4 Å². The van der Waals surface area contributed by atoms with Crippen molar-refractivity contribution in [2.24, 2.45) is 5.92 Å². The molecule has 1 aromatic heterocycles. The van der Waals surface area contributed by atoms with Crippen molar-refractivity contribution >= 4 is 51.5 Å². The molecule has 1 saturated heterocycles. The molecule has 5 rings (SSSR count). The molecule has 11 heteroatoms. The number of rotatable bonds is 9. The first-order valence-corrected chi connectivity index (χ1v) is 13.3. The first-order valence-electron chi connectivity index (χ1n) is 12.9. The molecule has 204 valence electrons. The second-order valence-electron chi connectivity index (χ2n) is 9.79. The quantitative estimate of drug-likeness (QED) is 0.374. The van der Waals surface area contributed by atoms with E-state index >= 15 is 0 Å². The second kappa shape index (κ2) is 12.0. The van der Waals surface area contributed by atoms with Gasteiger partial charge in [-0.1, -0.05) is 17.7 Å². The maximum Gasteiger partial charge on any atom is 0.248 e. The summed E-state index contributed by atoms with van der Waals surface area (Å²) in [5, 5.41) is 6.74. The fourth-order valence-electron chi connectivity index (χ4n) is 4.33. The first kappa shape index (κ1) is 26.8. The van der Waals surface area contributed by atoms with E-state index in [-0.39, 0.29) is 16.8 Å². The zero-order valence-electron chi connectivity index (χ0n) is 21.6. The topological polar surface area (TPSA) is 99.7 Å². The highest BCUT2D eigenvalue weighted by molar-refractivity contribution is 6.31. The van der Waals surface area contributed by atoms with Gasteiger partial charge >= 0.3 is 0 Å². The molecule has 1 aliphatic carbocycles. The largest absolute Gasteiger partial charge is 0.491 e. The van der Waals surface area contributed by atoms with Crippen LogP contribution >= 0.6 is 11.6 Å². The number of amides is 2. The molecule has 2 aliphatic rings. The summed E-state index contributed by atoms with van der Waals surface area (Å²) in [6, 6.07) is 7.88. The summed E-state index contributed by atoms with van der Waals surface area (Å²) < 4.78 is 19.7. The number of piperazine rings is 1. The fourth-order valence-corrected chi connectivity index (χ4v) is 4.51. The number of halogens is 2. The average Bonchev–Trinajstić information content (AvgIpc) is 3.75. The van der Waals surface area contributed by atoms with E-state index < -0.39 is 5.82 Å². The zero-order valence-corrected chi connectivity index (χ0v) is 22.4. The van der Waals surface area contributed by atoms with E-state index in [9.17, 15) is 14.0 Å². The zero-order chi connectivity index (χ0) is 27.4. The Morgan fingerprint density at radius 2 is 1.95 bits per heavy atom. The number of hydrogen-bond acceptors (Lipinski definition) is 7. The molecule has 1 saturated carbocycles. The number of carbonyl (C=O) groups excluding carboxylic acids is 2. The van der Waals surface area contributed by atoms with Gasteiger partial charge in [0, 0.05) is 62.9 Å². The molecule has 9 nitrogen and oxygen atoms in total. The van der Waals surface area contributed by atoms with Crippen LogP contribution in [-0.2, 0) is 9.59 Å². The lowest BCUT2D eigenvalue weighted by atomic mass is 10.1. The Kier molecular flexibility index (Phi) is 8.23. The van der Waals surface area contributed by atoms with Crippen LogP contribution in [0.4, 0.5) is 21.6 Å². The summed E-state index contributed by atoms with van der Waals surface area (Å²) in [6.07, 6.45) is 7.02. The van der Waals surface area contributed by atoms with Gasteiger partial charge in [-0.2, -0.15) is 0 Å². The van der Waals surface area contributed by atoms with Crippen LogP contribution < -0.4 is 15.4 Å². The van der Waals surface area contributed by atoms with E-state index in [1.807, 2.05) is 11.0 Å². The molecule has 1 aliphatic heterocycles. The number of nitrogens with zero attached hydrogens (tertiary/aromatic N) is 4. The molecular formula is C28H30ClFN6O3. The molecule has 39 heavy (non-hydrogen) atoms. The van der Waals surface area contributed by atoms with E-state index in [1.54, 1.807) is 25.1 Å². The lowest BCUT2D eigenvalue weighted by Gasteiger charge is -2.33. The predicted octanol–water partition coefficient (Wildman–Crippen LogP) is 4.61. The van der Waals surface area contributed by atoms with Gasteiger partial charge < -0.3 is 20.3 Å². The number of benzene rings is 2. The maximum absolute atomic E-state index is 13.6. The predicted molar refractivity (Wildman–Crippen MR) is 149 cm³/mol. The van der Waals surface area contributed by atoms with Crippen molar-refractivity contribution < 1.29 is 18.7 Å². The van der Waals surface area contributed by atoms with Crippen molar-refractivity contribution in [1.82, 2.24) is 19.8 Å². The van der Waals surface area contributed by atoms with E-state index in [1.165, 1.54) is 24.5 Å². The molecule has 2 fully saturated rings. The van der Waals surface area contributed by atoms with Gasteiger partial charge in [-0.05, 0) is 43.0 Å². The maximum atomic E-state index is 13.6. The highest BCUT2D eigenvalue weighted by atomic mass is 35.5. The van der Waals surface area contributed by atoms with Crippen molar-refractivity contribution in [3.63, 3.8) is 0 Å². The number of carbonyl (C=O) groups is 2. The molecule has 0 atom stereocenters. The summed E-state index contributed by atoms with van der Waals surface area (Å²) in [4.78, 5) is 37.1. The van der Waals surface area contributed by atoms with Gasteiger partial charge in [0.1, 0.15) is 23.7 Å². The third kappa shape index (κ3) is 7.01. The lowest BCUT2D eigenvalue weighted by molar-refractivity contribution is -0.130. The average molecular weight is 553 g/mol. The van der Waals surface area contributed by atoms with Crippen LogP contribution in [0.5, 0.6) is 5.75 Å². The molecule has 0 spiro atoms. The molecule has 3 aromatic rings. The second-order valence-corrected chi connectivity index (χ2v) is 10.2. The van der Waals surface area contributed by atoms with E-state index in [4.69, 9.17) is 16.3 Å². The van der Waals surface area contributed by atoms with Gasteiger partial charge in [0.2, 0.25) is 11.8 Å². The minimum atomic E-state index is -0.511. The van der Waals surface area contributed by atoms with Crippen LogP contribution in [0.2, 0.25) is 5.02 Å². The monoisotopic (exact) mass is 552 g/mol. The minimum absolute atomic E-state index is 0.00500. The molecule has 2 amide bonds. The van der Waals surface area contributed by atoms with Crippen molar-refractivity contribution in [3.05, 3.63) is 59.7 Å². The van der Waals surface area contributed by atoms with Gasteiger partial charge in [0.25, 0.3) is 0 Å². The molecule has 2 aromatic carbocycles. The third-order valence-electron chi connectivity index (χ3n) is 6.80. The van der Waals surface area contributed by atoms with Crippen LogP contribution in [0.1, 0.15) is 19.8 Å². The van der Waals surface area contributed by atoms with Crippen LogP contribution in [-0.4, -0.2) is 70.9 Å². The van der Waals surface area contributed by atoms with Crippen molar-refractivity contribution in [3.8, 4) is 5.75 Å². The smallest absolute Gasteiger partial charge is 0.248 e. The lowest BCUT2D eigenvalue weighted by Crippen LogP contribution is -2.47. The third-order valence-corrected chi connectivity index (χ3v) is 7.09. The molecule has 0 unspecified atom stereocenters. The minimum Gasteiger partial charge on any atom is -0.491 e. The number of nitrogens with one attached hydrogen (secondary N) is 2. The molecule has 0 bridgehead atoms. The van der Waals surface area contributed by atoms with Crippen molar-refractivity contribution in [2.45, 2.75) is 19.8 Å². The van der Waals surface area contributed by atoms with Gasteiger partial charge in [-0.15, -0.1) is 0 Å².